The lowest BCUT2D eigenvalue weighted by Gasteiger charge is -2.24. The minimum atomic E-state index is -0.0544. The third-order valence-electron chi connectivity index (χ3n) is 3.71. The molecule has 0 spiro atoms. The van der Waals surface area contributed by atoms with Gasteiger partial charge in [0.15, 0.2) is 0 Å². The number of amides is 1. The Morgan fingerprint density at radius 3 is 2.67 bits per heavy atom. The van der Waals surface area contributed by atoms with E-state index in [1.807, 2.05) is 36.4 Å². The summed E-state index contributed by atoms with van der Waals surface area (Å²) in [5.41, 5.74) is 5.50. The standard InChI is InChI=1S/C18H16ClNO/c1-12(21)20-18-16-8-3-2-5-13(16)9-10-17(18)14-6-4-7-15(19)11-14/h2-8,11H,9-10H2,1H3,(H,20,21). The molecule has 2 nitrogen and oxygen atoms in total. The molecule has 0 aliphatic heterocycles. The van der Waals surface area contributed by atoms with Gasteiger partial charge in [0, 0.05) is 17.5 Å². The van der Waals surface area contributed by atoms with Gasteiger partial charge in [0.05, 0.1) is 5.70 Å². The van der Waals surface area contributed by atoms with E-state index in [-0.39, 0.29) is 5.91 Å². The monoisotopic (exact) mass is 297 g/mol. The first-order valence-corrected chi connectivity index (χ1v) is 7.38. The van der Waals surface area contributed by atoms with Crippen LogP contribution in [-0.4, -0.2) is 5.91 Å². The van der Waals surface area contributed by atoms with Crippen LogP contribution in [0.3, 0.4) is 0 Å². The van der Waals surface area contributed by atoms with Gasteiger partial charge in [-0.1, -0.05) is 48.0 Å². The summed E-state index contributed by atoms with van der Waals surface area (Å²) in [5.74, 6) is -0.0544. The van der Waals surface area contributed by atoms with Crippen LogP contribution in [0.15, 0.2) is 48.5 Å². The molecule has 0 saturated heterocycles. The molecule has 0 fully saturated rings. The number of halogens is 1. The second kappa shape index (κ2) is 5.74. The number of hydrogen-bond donors (Lipinski definition) is 1. The van der Waals surface area contributed by atoms with Crippen molar-refractivity contribution in [1.82, 2.24) is 5.32 Å². The van der Waals surface area contributed by atoms with Gasteiger partial charge in [-0.25, -0.2) is 0 Å². The Kier molecular flexibility index (Phi) is 3.80. The van der Waals surface area contributed by atoms with Gasteiger partial charge in [-0.3, -0.25) is 4.79 Å². The largest absolute Gasteiger partial charge is 0.326 e. The summed E-state index contributed by atoms with van der Waals surface area (Å²) in [5, 5.41) is 3.71. The van der Waals surface area contributed by atoms with Crippen molar-refractivity contribution in [3.05, 3.63) is 70.2 Å². The Morgan fingerprint density at radius 1 is 1.10 bits per heavy atom. The number of hydrogen-bond acceptors (Lipinski definition) is 1. The second-order valence-electron chi connectivity index (χ2n) is 5.20. The third-order valence-corrected chi connectivity index (χ3v) is 3.94. The third kappa shape index (κ3) is 2.86. The lowest BCUT2D eigenvalue weighted by atomic mass is 9.86. The predicted molar refractivity (Wildman–Crippen MR) is 86.8 cm³/mol. The van der Waals surface area contributed by atoms with Gasteiger partial charge in [0.25, 0.3) is 0 Å². The highest BCUT2D eigenvalue weighted by atomic mass is 35.5. The van der Waals surface area contributed by atoms with Gasteiger partial charge < -0.3 is 5.32 Å². The Morgan fingerprint density at radius 2 is 1.90 bits per heavy atom. The summed E-state index contributed by atoms with van der Waals surface area (Å²) in [6.45, 7) is 1.54. The van der Waals surface area contributed by atoms with E-state index in [2.05, 4.69) is 17.4 Å². The van der Waals surface area contributed by atoms with E-state index in [9.17, 15) is 4.79 Å². The Bertz CT molecular complexity index is 734. The average molecular weight is 298 g/mol. The molecule has 3 heteroatoms. The van der Waals surface area contributed by atoms with E-state index >= 15 is 0 Å². The molecule has 0 atom stereocenters. The molecule has 0 radical (unpaired) electrons. The van der Waals surface area contributed by atoms with Gasteiger partial charge in [0.2, 0.25) is 5.91 Å². The van der Waals surface area contributed by atoms with Crippen molar-refractivity contribution in [3.63, 3.8) is 0 Å². The van der Waals surface area contributed by atoms with Crippen molar-refractivity contribution in [2.45, 2.75) is 19.8 Å². The number of nitrogens with one attached hydrogen (secondary N) is 1. The van der Waals surface area contributed by atoms with Gasteiger partial charge in [-0.15, -0.1) is 0 Å². The number of fused-ring (bicyclic) bond motifs is 1. The number of rotatable bonds is 2. The normalized spacial score (nSPS) is 13.8. The van der Waals surface area contributed by atoms with Crippen molar-refractivity contribution in [1.29, 1.82) is 0 Å². The zero-order chi connectivity index (χ0) is 14.8. The van der Waals surface area contributed by atoms with Gasteiger partial charge in [-0.05, 0) is 41.7 Å². The first-order chi connectivity index (χ1) is 10.1. The van der Waals surface area contributed by atoms with Crippen LogP contribution >= 0.6 is 11.6 Å². The van der Waals surface area contributed by atoms with E-state index in [1.165, 1.54) is 5.56 Å². The van der Waals surface area contributed by atoms with Crippen LogP contribution < -0.4 is 5.32 Å². The van der Waals surface area contributed by atoms with Gasteiger partial charge in [-0.2, -0.15) is 0 Å². The molecule has 0 unspecified atom stereocenters. The molecule has 2 aromatic carbocycles. The minimum absolute atomic E-state index is 0.0544. The van der Waals surface area contributed by atoms with Crippen molar-refractivity contribution in [2.75, 3.05) is 0 Å². The smallest absolute Gasteiger partial charge is 0.221 e. The maximum atomic E-state index is 11.6. The molecular weight excluding hydrogens is 282 g/mol. The van der Waals surface area contributed by atoms with Crippen molar-refractivity contribution >= 4 is 28.8 Å². The zero-order valence-electron chi connectivity index (χ0n) is 11.8. The van der Waals surface area contributed by atoms with E-state index in [4.69, 9.17) is 11.6 Å². The Balaban J connectivity index is 2.18. The fraction of sp³-hybridized carbons (Fsp3) is 0.167. The van der Waals surface area contributed by atoms with Crippen LogP contribution in [0.1, 0.15) is 30.0 Å². The summed E-state index contributed by atoms with van der Waals surface area (Å²) in [7, 11) is 0. The molecule has 1 aliphatic carbocycles. The van der Waals surface area contributed by atoms with E-state index in [0.29, 0.717) is 5.02 Å². The lowest BCUT2D eigenvalue weighted by Crippen LogP contribution is -2.22. The van der Waals surface area contributed by atoms with E-state index in [1.54, 1.807) is 6.92 Å². The van der Waals surface area contributed by atoms with Gasteiger partial charge in [0.1, 0.15) is 0 Å². The molecule has 1 aliphatic rings. The molecule has 3 rings (SSSR count). The number of carbonyl (C=O) groups is 1. The SMILES string of the molecule is CC(=O)NC1=C(c2cccc(Cl)c2)CCc2ccccc21. The second-order valence-corrected chi connectivity index (χ2v) is 5.64. The highest BCUT2D eigenvalue weighted by molar-refractivity contribution is 6.30. The maximum Gasteiger partial charge on any atom is 0.221 e. The van der Waals surface area contributed by atoms with Crippen molar-refractivity contribution in [3.8, 4) is 0 Å². The van der Waals surface area contributed by atoms with Crippen LogP contribution in [0.25, 0.3) is 11.3 Å². The fourth-order valence-electron chi connectivity index (χ4n) is 2.81. The first-order valence-electron chi connectivity index (χ1n) is 7.00. The highest BCUT2D eigenvalue weighted by Gasteiger charge is 2.20. The predicted octanol–water partition coefficient (Wildman–Crippen LogP) is 4.29. The summed E-state index contributed by atoms with van der Waals surface area (Å²) in [4.78, 5) is 11.6. The summed E-state index contributed by atoms with van der Waals surface area (Å²) < 4.78 is 0. The maximum absolute atomic E-state index is 11.6. The van der Waals surface area contributed by atoms with Crippen LogP contribution in [0.5, 0.6) is 0 Å². The Hall–Kier alpha value is -2.06. The highest BCUT2D eigenvalue weighted by Crippen LogP contribution is 2.35. The molecule has 0 heterocycles. The summed E-state index contributed by atoms with van der Waals surface area (Å²) >= 11 is 6.11. The van der Waals surface area contributed by atoms with Crippen LogP contribution in [0, 0.1) is 0 Å². The van der Waals surface area contributed by atoms with Crippen molar-refractivity contribution < 1.29 is 4.79 Å². The van der Waals surface area contributed by atoms with E-state index in [0.717, 1.165) is 35.2 Å². The number of benzene rings is 2. The topological polar surface area (TPSA) is 29.1 Å². The summed E-state index contributed by atoms with van der Waals surface area (Å²) in [6.07, 6.45) is 1.87. The zero-order valence-corrected chi connectivity index (χ0v) is 12.6. The number of allylic oxidation sites excluding steroid dienone is 1. The van der Waals surface area contributed by atoms with Crippen molar-refractivity contribution in [2.24, 2.45) is 0 Å². The molecule has 21 heavy (non-hydrogen) atoms. The fourth-order valence-corrected chi connectivity index (χ4v) is 3.00. The molecule has 0 bridgehead atoms. The minimum Gasteiger partial charge on any atom is -0.326 e. The molecule has 1 N–H and O–H groups in total. The number of carbonyl (C=O) groups excluding carboxylic acids is 1. The summed E-state index contributed by atoms with van der Waals surface area (Å²) in [6, 6.07) is 16.0. The molecular formula is C18H16ClNO. The quantitative estimate of drug-likeness (QED) is 0.880. The first kappa shape index (κ1) is 13.9. The van der Waals surface area contributed by atoms with E-state index < -0.39 is 0 Å². The van der Waals surface area contributed by atoms with Crippen LogP contribution in [-0.2, 0) is 11.2 Å². The lowest BCUT2D eigenvalue weighted by molar-refractivity contribution is -0.117. The molecule has 0 aromatic heterocycles. The molecule has 106 valence electrons. The molecule has 1 amide bonds. The molecule has 0 saturated carbocycles. The van der Waals surface area contributed by atoms with Crippen LogP contribution in [0.4, 0.5) is 0 Å². The average Bonchev–Trinajstić information content (AvgIpc) is 2.47. The Labute approximate surface area is 129 Å². The number of aryl methyl sites for hydroxylation is 1. The van der Waals surface area contributed by atoms with Gasteiger partial charge >= 0.3 is 0 Å². The molecule has 2 aromatic rings. The van der Waals surface area contributed by atoms with Crippen LogP contribution in [0.2, 0.25) is 5.02 Å².